The third kappa shape index (κ3) is 3.48. The molecule has 3 N–H and O–H groups in total. The van der Waals surface area contributed by atoms with E-state index in [-0.39, 0.29) is 6.61 Å². The Kier molecular flexibility index (Phi) is 4.42. The number of aliphatic hydroxyl groups is 1. The van der Waals surface area contributed by atoms with E-state index in [0.717, 1.165) is 23.5 Å². The standard InChI is InChI=1S/C16H20N2O/c1-13-11-15(17)7-8-16(13)18(9-10-19)12-14-5-3-2-4-6-14/h2-8,11,19H,9-10,12,17H2,1H3. The van der Waals surface area contributed by atoms with Gasteiger partial charge in [-0.05, 0) is 36.2 Å². The molecule has 0 fully saturated rings. The van der Waals surface area contributed by atoms with Crippen molar-refractivity contribution < 1.29 is 5.11 Å². The fourth-order valence-corrected chi connectivity index (χ4v) is 2.24. The van der Waals surface area contributed by atoms with E-state index in [4.69, 9.17) is 5.73 Å². The third-order valence-electron chi connectivity index (χ3n) is 3.15. The first kappa shape index (κ1) is 13.4. The van der Waals surface area contributed by atoms with Crippen LogP contribution in [0.3, 0.4) is 0 Å². The van der Waals surface area contributed by atoms with Crippen molar-refractivity contribution in [3.8, 4) is 0 Å². The Morgan fingerprint density at radius 1 is 1.11 bits per heavy atom. The molecule has 0 unspecified atom stereocenters. The normalized spacial score (nSPS) is 10.4. The SMILES string of the molecule is Cc1cc(N)ccc1N(CCO)Cc1ccccc1. The van der Waals surface area contributed by atoms with Crippen molar-refractivity contribution in [2.75, 3.05) is 23.8 Å². The molecule has 0 aliphatic carbocycles. The van der Waals surface area contributed by atoms with Crippen LogP contribution in [0.4, 0.5) is 11.4 Å². The van der Waals surface area contributed by atoms with Gasteiger partial charge in [-0.25, -0.2) is 0 Å². The van der Waals surface area contributed by atoms with Crippen molar-refractivity contribution in [2.24, 2.45) is 0 Å². The Balaban J connectivity index is 2.24. The van der Waals surface area contributed by atoms with Gasteiger partial charge in [-0.1, -0.05) is 30.3 Å². The summed E-state index contributed by atoms with van der Waals surface area (Å²) in [5, 5.41) is 9.26. The Hall–Kier alpha value is -2.00. The van der Waals surface area contributed by atoms with Gasteiger partial charge in [0.1, 0.15) is 0 Å². The summed E-state index contributed by atoms with van der Waals surface area (Å²) in [4.78, 5) is 2.17. The van der Waals surface area contributed by atoms with Crippen molar-refractivity contribution in [1.82, 2.24) is 0 Å². The van der Waals surface area contributed by atoms with Gasteiger partial charge in [0.25, 0.3) is 0 Å². The number of hydrogen-bond donors (Lipinski definition) is 2. The van der Waals surface area contributed by atoms with E-state index in [0.29, 0.717) is 6.54 Å². The summed E-state index contributed by atoms with van der Waals surface area (Å²) < 4.78 is 0. The molecule has 0 atom stereocenters. The van der Waals surface area contributed by atoms with Crippen molar-refractivity contribution in [3.63, 3.8) is 0 Å². The van der Waals surface area contributed by atoms with Crippen molar-refractivity contribution in [2.45, 2.75) is 13.5 Å². The van der Waals surface area contributed by atoms with Gasteiger partial charge in [0.15, 0.2) is 0 Å². The van der Waals surface area contributed by atoms with Crippen LogP contribution in [0.1, 0.15) is 11.1 Å². The molecule has 0 aliphatic heterocycles. The number of aliphatic hydroxyl groups excluding tert-OH is 1. The summed E-state index contributed by atoms with van der Waals surface area (Å²) in [6, 6.07) is 16.1. The zero-order valence-electron chi connectivity index (χ0n) is 11.2. The lowest BCUT2D eigenvalue weighted by Gasteiger charge is -2.26. The van der Waals surface area contributed by atoms with E-state index in [2.05, 4.69) is 17.0 Å². The predicted molar refractivity (Wildman–Crippen MR) is 80.2 cm³/mol. The molecule has 0 saturated carbocycles. The van der Waals surface area contributed by atoms with E-state index in [1.54, 1.807) is 0 Å². The lowest BCUT2D eigenvalue weighted by molar-refractivity contribution is 0.301. The molecule has 0 heterocycles. The highest BCUT2D eigenvalue weighted by atomic mass is 16.3. The van der Waals surface area contributed by atoms with Gasteiger partial charge >= 0.3 is 0 Å². The van der Waals surface area contributed by atoms with Gasteiger partial charge in [-0.3, -0.25) is 0 Å². The van der Waals surface area contributed by atoms with E-state index in [9.17, 15) is 5.11 Å². The fraction of sp³-hybridized carbons (Fsp3) is 0.250. The summed E-state index contributed by atoms with van der Waals surface area (Å²) in [7, 11) is 0. The quantitative estimate of drug-likeness (QED) is 0.808. The number of hydrogen-bond acceptors (Lipinski definition) is 3. The smallest absolute Gasteiger partial charge is 0.0606 e. The minimum Gasteiger partial charge on any atom is -0.399 e. The molecule has 2 aromatic carbocycles. The molecule has 0 bridgehead atoms. The van der Waals surface area contributed by atoms with Crippen LogP contribution in [-0.2, 0) is 6.54 Å². The molecular weight excluding hydrogens is 236 g/mol. The van der Waals surface area contributed by atoms with Gasteiger partial charge in [0.2, 0.25) is 0 Å². The molecular formula is C16H20N2O. The number of nitrogen functional groups attached to an aromatic ring is 1. The molecule has 100 valence electrons. The first-order valence-corrected chi connectivity index (χ1v) is 6.46. The Labute approximate surface area is 114 Å². The number of nitrogens with zero attached hydrogens (tertiary/aromatic N) is 1. The van der Waals surface area contributed by atoms with E-state index < -0.39 is 0 Å². The molecule has 0 aromatic heterocycles. The predicted octanol–water partition coefficient (Wildman–Crippen LogP) is 2.58. The van der Waals surface area contributed by atoms with E-state index in [1.165, 1.54) is 5.56 Å². The minimum atomic E-state index is 0.136. The monoisotopic (exact) mass is 256 g/mol. The second-order valence-corrected chi connectivity index (χ2v) is 4.68. The second-order valence-electron chi connectivity index (χ2n) is 4.68. The summed E-state index contributed by atoms with van der Waals surface area (Å²) >= 11 is 0. The number of nitrogens with two attached hydrogens (primary N) is 1. The Morgan fingerprint density at radius 3 is 2.47 bits per heavy atom. The molecule has 2 aromatic rings. The summed E-state index contributed by atoms with van der Waals surface area (Å²) in [6.07, 6.45) is 0. The zero-order chi connectivity index (χ0) is 13.7. The first-order chi connectivity index (χ1) is 9.20. The zero-order valence-corrected chi connectivity index (χ0v) is 11.2. The summed E-state index contributed by atoms with van der Waals surface area (Å²) in [5.41, 5.74) is 10.0. The van der Waals surface area contributed by atoms with Gasteiger partial charge in [-0.2, -0.15) is 0 Å². The average Bonchev–Trinajstić information content (AvgIpc) is 2.39. The molecule has 3 heteroatoms. The highest BCUT2D eigenvalue weighted by Crippen LogP contribution is 2.23. The molecule has 0 amide bonds. The van der Waals surface area contributed by atoms with Crippen molar-refractivity contribution in [1.29, 1.82) is 0 Å². The van der Waals surface area contributed by atoms with Gasteiger partial charge in [0.05, 0.1) is 6.61 Å². The number of benzene rings is 2. The topological polar surface area (TPSA) is 49.5 Å². The molecule has 3 nitrogen and oxygen atoms in total. The fourth-order valence-electron chi connectivity index (χ4n) is 2.24. The van der Waals surface area contributed by atoms with Crippen LogP contribution in [-0.4, -0.2) is 18.3 Å². The lowest BCUT2D eigenvalue weighted by Crippen LogP contribution is -2.26. The van der Waals surface area contributed by atoms with Crippen molar-refractivity contribution >= 4 is 11.4 Å². The molecule has 0 aliphatic rings. The first-order valence-electron chi connectivity index (χ1n) is 6.46. The molecule has 0 radical (unpaired) electrons. The molecule has 2 rings (SSSR count). The van der Waals surface area contributed by atoms with Crippen LogP contribution < -0.4 is 10.6 Å². The highest BCUT2D eigenvalue weighted by molar-refractivity contribution is 5.59. The molecule has 0 spiro atoms. The van der Waals surface area contributed by atoms with E-state index >= 15 is 0 Å². The largest absolute Gasteiger partial charge is 0.399 e. The van der Waals surface area contributed by atoms with Gasteiger partial charge in [0, 0.05) is 24.5 Å². The number of rotatable bonds is 5. The van der Waals surface area contributed by atoms with Crippen LogP contribution in [0.5, 0.6) is 0 Å². The maximum atomic E-state index is 9.26. The molecule has 19 heavy (non-hydrogen) atoms. The second kappa shape index (κ2) is 6.25. The van der Waals surface area contributed by atoms with Crippen LogP contribution in [0.25, 0.3) is 0 Å². The van der Waals surface area contributed by atoms with Crippen LogP contribution >= 0.6 is 0 Å². The van der Waals surface area contributed by atoms with Crippen molar-refractivity contribution in [3.05, 3.63) is 59.7 Å². The highest BCUT2D eigenvalue weighted by Gasteiger charge is 2.09. The summed E-state index contributed by atoms with van der Waals surface area (Å²) in [6.45, 7) is 3.57. The maximum absolute atomic E-state index is 9.26. The minimum absolute atomic E-state index is 0.136. The Bertz CT molecular complexity index is 526. The van der Waals surface area contributed by atoms with Gasteiger partial charge in [-0.15, -0.1) is 0 Å². The third-order valence-corrected chi connectivity index (χ3v) is 3.15. The molecule has 0 saturated heterocycles. The number of aryl methyl sites for hydroxylation is 1. The van der Waals surface area contributed by atoms with Gasteiger partial charge < -0.3 is 15.7 Å². The van der Waals surface area contributed by atoms with Crippen LogP contribution in [0.15, 0.2) is 48.5 Å². The Morgan fingerprint density at radius 2 is 1.84 bits per heavy atom. The van der Waals surface area contributed by atoms with E-state index in [1.807, 2.05) is 43.3 Å². The maximum Gasteiger partial charge on any atom is 0.0606 e. The number of anilines is 2. The van der Waals surface area contributed by atoms with Crippen LogP contribution in [0, 0.1) is 6.92 Å². The lowest BCUT2D eigenvalue weighted by atomic mass is 10.1. The summed E-state index contributed by atoms with van der Waals surface area (Å²) in [5.74, 6) is 0. The average molecular weight is 256 g/mol. The van der Waals surface area contributed by atoms with Crippen LogP contribution in [0.2, 0.25) is 0 Å².